The molecule has 1 aromatic carbocycles. The highest BCUT2D eigenvalue weighted by atomic mass is 16.4. The van der Waals surface area contributed by atoms with Gasteiger partial charge in [-0.15, -0.1) is 0 Å². The third kappa shape index (κ3) is 2.51. The molecule has 1 fully saturated rings. The maximum atomic E-state index is 12.4. The van der Waals surface area contributed by atoms with Crippen molar-refractivity contribution in [3.63, 3.8) is 0 Å². The van der Waals surface area contributed by atoms with Crippen molar-refractivity contribution in [2.75, 3.05) is 0 Å². The monoisotopic (exact) mass is 301 g/mol. The zero-order valence-corrected chi connectivity index (χ0v) is 13.2. The Morgan fingerprint density at radius 1 is 1.36 bits per heavy atom. The molecule has 22 heavy (non-hydrogen) atoms. The number of carboxylic acids is 1. The largest absolute Gasteiger partial charge is 0.481 e. The minimum Gasteiger partial charge on any atom is -0.481 e. The highest BCUT2D eigenvalue weighted by Gasteiger charge is 2.46. The molecular weight excluding hydrogens is 278 g/mol. The van der Waals surface area contributed by atoms with Crippen LogP contribution in [0.5, 0.6) is 0 Å². The molecule has 2 atom stereocenters. The molecule has 2 unspecified atom stereocenters. The highest BCUT2D eigenvalue weighted by molar-refractivity contribution is 5.86. The predicted molar refractivity (Wildman–Crippen MR) is 83.5 cm³/mol. The number of carboxylic acid groups (broad SMARTS) is 1. The quantitative estimate of drug-likeness (QED) is 0.898. The molecule has 1 amide bonds. The number of nitrogens with one attached hydrogen (secondary N) is 1. The van der Waals surface area contributed by atoms with Gasteiger partial charge in [0.05, 0.1) is 11.5 Å². The summed E-state index contributed by atoms with van der Waals surface area (Å²) in [6.07, 6.45) is 3.20. The van der Waals surface area contributed by atoms with Gasteiger partial charge >= 0.3 is 5.97 Å². The van der Waals surface area contributed by atoms with Crippen LogP contribution in [0.4, 0.5) is 0 Å². The molecule has 0 aliphatic heterocycles. The predicted octanol–water partition coefficient (Wildman–Crippen LogP) is 2.99. The van der Waals surface area contributed by atoms with Gasteiger partial charge in [-0.1, -0.05) is 37.1 Å². The average Bonchev–Trinajstić information content (AvgIpc) is 2.70. The van der Waals surface area contributed by atoms with Crippen LogP contribution in [-0.2, 0) is 16.0 Å². The fourth-order valence-electron chi connectivity index (χ4n) is 3.78. The van der Waals surface area contributed by atoms with Gasteiger partial charge < -0.3 is 10.4 Å². The Balaban J connectivity index is 1.72. The summed E-state index contributed by atoms with van der Waals surface area (Å²) in [7, 11) is 0. The van der Waals surface area contributed by atoms with E-state index in [1.54, 1.807) is 0 Å². The molecule has 1 aromatic rings. The lowest BCUT2D eigenvalue weighted by Gasteiger charge is -2.37. The van der Waals surface area contributed by atoms with Crippen molar-refractivity contribution >= 4 is 11.9 Å². The van der Waals surface area contributed by atoms with Crippen LogP contribution in [0.15, 0.2) is 18.2 Å². The number of rotatable bonds is 4. The first-order valence-electron chi connectivity index (χ1n) is 8.03. The molecule has 4 heteroatoms. The molecule has 0 radical (unpaired) electrons. The Morgan fingerprint density at radius 2 is 2.09 bits per heavy atom. The van der Waals surface area contributed by atoms with Crippen molar-refractivity contribution in [1.29, 1.82) is 0 Å². The maximum Gasteiger partial charge on any atom is 0.310 e. The summed E-state index contributed by atoms with van der Waals surface area (Å²) in [5, 5.41) is 12.4. The van der Waals surface area contributed by atoms with E-state index < -0.39 is 11.4 Å². The summed E-state index contributed by atoms with van der Waals surface area (Å²) in [4.78, 5) is 23.8. The summed E-state index contributed by atoms with van der Waals surface area (Å²) in [6, 6.07) is 6.38. The summed E-state index contributed by atoms with van der Waals surface area (Å²) in [5.74, 6) is -0.610. The molecule has 0 saturated heterocycles. The van der Waals surface area contributed by atoms with Crippen LogP contribution in [0.1, 0.15) is 55.3 Å². The van der Waals surface area contributed by atoms with E-state index in [-0.39, 0.29) is 18.4 Å². The van der Waals surface area contributed by atoms with Crippen molar-refractivity contribution in [1.82, 2.24) is 5.32 Å². The lowest BCUT2D eigenvalue weighted by atomic mass is 9.66. The summed E-state index contributed by atoms with van der Waals surface area (Å²) in [6.45, 7) is 4.19. The van der Waals surface area contributed by atoms with Gasteiger partial charge in [0.2, 0.25) is 5.91 Å². The van der Waals surface area contributed by atoms with Gasteiger partial charge in [0, 0.05) is 6.42 Å². The second-order valence-corrected chi connectivity index (χ2v) is 7.04. The van der Waals surface area contributed by atoms with Crippen LogP contribution in [0.3, 0.4) is 0 Å². The molecule has 0 bridgehead atoms. The number of aliphatic carboxylic acids is 1. The van der Waals surface area contributed by atoms with Crippen LogP contribution in [-0.4, -0.2) is 17.0 Å². The third-order valence-corrected chi connectivity index (χ3v) is 5.33. The van der Waals surface area contributed by atoms with Gasteiger partial charge in [-0.05, 0) is 43.2 Å². The molecule has 0 aromatic heterocycles. The van der Waals surface area contributed by atoms with Gasteiger partial charge in [0.15, 0.2) is 0 Å². The topological polar surface area (TPSA) is 66.4 Å². The summed E-state index contributed by atoms with van der Waals surface area (Å²) < 4.78 is 0. The molecule has 3 rings (SSSR count). The molecule has 2 N–H and O–H groups in total. The van der Waals surface area contributed by atoms with Crippen molar-refractivity contribution in [3.05, 3.63) is 34.9 Å². The molecule has 2 aliphatic carbocycles. The van der Waals surface area contributed by atoms with Gasteiger partial charge in [-0.3, -0.25) is 9.59 Å². The Kier molecular flexibility index (Phi) is 3.71. The van der Waals surface area contributed by atoms with E-state index in [1.807, 2.05) is 0 Å². The van der Waals surface area contributed by atoms with Gasteiger partial charge in [0.25, 0.3) is 0 Å². The lowest BCUT2D eigenvalue weighted by Crippen LogP contribution is -2.43. The molecule has 2 aliphatic rings. The number of amides is 1. The van der Waals surface area contributed by atoms with E-state index >= 15 is 0 Å². The van der Waals surface area contributed by atoms with Crippen LogP contribution in [0, 0.1) is 18.3 Å². The van der Waals surface area contributed by atoms with Crippen molar-refractivity contribution in [3.8, 4) is 0 Å². The van der Waals surface area contributed by atoms with Crippen molar-refractivity contribution < 1.29 is 14.7 Å². The Hall–Kier alpha value is -1.84. The van der Waals surface area contributed by atoms with Crippen LogP contribution in [0.25, 0.3) is 0 Å². The number of carbonyl (C=O) groups is 2. The second kappa shape index (κ2) is 5.41. The Morgan fingerprint density at radius 3 is 2.68 bits per heavy atom. The number of hydrogen-bond acceptors (Lipinski definition) is 2. The average molecular weight is 301 g/mol. The van der Waals surface area contributed by atoms with Crippen LogP contribution in [0.2, 0.25) is 0 Å². The second-order valence-electron chi connectivity index (χ2n) is 7.04. The van der Waals surface area contributed by atoms with Gasteiger partial charge in [-0.25, -0.2) is 0 Å². The minimum absolute atomic E-state index is 0.00771. The van der Waals surface area contributed by atoms with E-state index in [2.05, 4.69) is 37.4 Å². The van der Waals surface area contributed by atoms with Crippen LogP contribution >= 0.6 is 0 Å². The van der Waals surface area contributed by atoms with E-state index in [1.165, 1.54) is 16.7 Å². The van der Waals surface area contributed by atoms with Gasteiger partial charge in [-0.2, -0.15) is 0 Å². The molecule has 0 heterocycles. The standard InChI is InChI=1S/C18H23NO3/c1-11-4-5-13-9-12(2)16(14(13)8-11)19-15(20)10-18(17(21)22)6-3-7-18/h4-5,8,12,16H,3,6-7,9-10H2,1-2H3,(H,19,20)(H,21,22). The van der Waals surface area contributed by atoms with E-state index in [0.717, 1.165) is 12.8 Å². The number of aryl methyl sites for hydroxylation is 1. The highest BCUT2D eigenvalue weighted by Crippen LogP contribution is 2.44. The molecule has 4 nitrogen and oxygen atoms in total. The Labute approximate surface area is 130 Å². The zero-order valence-electron chi connectivity index (χ0n) is 13.2. The summed E-state index contributed by atoms with van der Waals surface area (Å²) >= 11 is 0. The van der Waals surface area contributed by atoms with E-state index in [9.17, 15) is 14.7 Å². The number of carbonyl (C=O) groups excluding carboxylic acids is 1. The molecule has 118 valence electrons. The maximum absolute atomic E-state index is 12.4. The first kappa shape index (κ1) is 15.1. The number of benzene rings is 1. The number of hydrogen-bond donors (Lipinski definition) is 2. The van der Waals surface area contributed by atoms with Crippen molar-refractivity contribution in [2.24, 2.45) is 11.3 Å². The van der Waals surface area contributed by atoms with Gasteiger partial charge in [0.1, 0.15) is 0 Å². The first-order chi connectivity index (χ1) is 10.4. The fraction of sp³-hybridized carbons (Fsp3) is 0.556. The normalized spacial score (nSPS) is 25.2. The van der Waals surface area contributed by atoms with E-state index in [0.29, 0.717) is 18.8 Å². The van der Waals surface area contributed by atoms with Crippen LogP contribution < -0.4 is 5.32 Å². The van der Waals surface area contributed by atoms with E-state index in [4.69, 9.17) is 0 Å². The fourth-order valence-corrected chi connectivity index (χ4v) is 3.78. The summed E-state index contributed by atoms with van der Waals surface area (Å²) in [5.41, 5.74) is 2.85. The third-order valence-electron chi connectivity index (χ3n) is 5.33. The Bertz CT molecular complexity index is 619. The lowest BCUT2D eigenvalue weighted by molar-refractivity contribution is -0.157. The minimum atomic E-state index is -0.829. The SMILES string of the molecule is Cc1ccc2c(c1)C(NC(=O)CC1(C(=O)O)CCC1)C(C)C2. The van der Waals surface area contributed by atoms with Crippen molar-refractivity contribution in [2.45, 2.75) is 52.0 Å². The zero-order chi connectivity index (χ0) is 15.9. The number of fused-ring (bicyclic) bond motifs is 1. The molecule has 0 spiro atoms. The smallest absolute Gasteiger partial charge is 0.310 e. The first-order valence-corrected chi connectivity index (χ1v) is 8.03. The molecule has 1 saturated carbocycles. The molecular formula is C18H23NO3.